The van der Waals surface area contributed by atoms with Crippen molar-refractivity contribution in [1.29, 1.82) is 0 Å². The van der Waals surface area contributed by atoms with Gasteiger partial charge < -0.3 is 14.5 Å². The number of rotatable bonds is 8. The van der Waals surface area contributed by atoms with Crippen molar-refractivity contribution in [3.8, 4) is 5.75 Å². The van der Waals surface area contributed by atoms with Crippen LogP contribution in [0.1, 0.15) is 11.3 Å². The zero-order valence-electron chi connectivity index (χ0n) is 13.7. The minimum atomic E-state index is -0.0309. The standard InChI is InChI=1S/C17H22N2O3S/c1-19(12-17(20)18-10-14-5-4-8-22-14)11-13-6-7-16(23-3)15(9-13)21-2/h4-9H,10-12H2,1-3H3,(H,18,20). The molecule has 1 aromatic heterocycles. The van der Waals surface area contributed by atoms with Crippen LogP contribution in [0.15, 0.2) is 45.9 Å². The van der Waals surface area contributed by atoms with Crippen molar-refractivity contribution >= 4 is 17.7 Å². The molecule has 0 radical (unpaired) electrons. The van der Waals surface area contributed by atoms with E-state index < -0.39 is 0 Å². The maximum absolute atomic E-state index is 11.9. The minimum Gasteiger partial charge on any atom is -0.496 e. The van der Waals surface area contributed by atoms with Gasteiger partial charge in [0.25, 0.3) is 0 Å². The van der Waals surface area contributed by atoms with Gasteiger partial charge in [-0.25, -0.2) is 0 Å². The lowest BCUT2D eigenvalue weighted by atomic mass is 10.2. The van der Waals surface area contributed by atoms with Crippen LogP contribution in [0.4, 0.5) is 0 Å². The van der Waals surface area contributed by atoms with E-state index in [1.807, 2.05) is 36.4 Å². The number of carbonyl (C=O) groups excluding carboxylic acids is 1. The lowest BCUT2D eigenvalue weighted by molar-refractivity contribution is -0.122. The number of carbonyl (C=O) groups is 1. The fraction of sp³-hybridized carbons (Fsp3) is 0.353. The first-order chi connectivity index (χ1) is 11.1. The van der Waals surface area contributed by atoms with Crippen molar-refractivity contribution in [2.75, 3.05) is 27.0 Å². The van der Waals surface area contributed by atoms with Crippen LogP contribution >= 0.6 is 11.8 Å². The van der Waals surface area contributed by atoms with Crippen LogP contribution in [-0.4, -0.2) is 37.8 Å². The molecule has 23 heavy (non-hydrogen) atoms. The van der Waals surface area contributed by atoms with Crippen molar-refractivity contribution in [3.05, 3.63) is 47.9 Å². The Morgan fingerprint density at radius 1 is 1.39 bits per heavy atom. The summed E-state index contributed by atoms with van der Waals surface area (Å²) in [4.78, 5) is 15.0. The molecule has 124 valence electrons. The van der Waals surface area contributed by atoms with Gasteiger partial charge in [0.1, 0.15) is 11.5 Å². The highest BCUT2D eigenvalue weighted by molar-refractivity contribution is 7.98. The molecule has 0 aliphatic heterocycles. The summed E-state index contributed by atoms with van der Waals surface area (Å²) in [5, 5.41) is 2.84. The molecule has 5 nitrogen and oxygen atoms in total. The molecule has 0 saturated carbocycles. The molecule has 0 aliphatic rings. The summed E-state index contributed by atoms with van der Waals surface area (Å²) in [6.07, 6.45) is 3.62. The largest absolute Gasteiger partial charge is 0.496 e. The van der Waals surface area contributed by atoms with E-state index in [2.05, 4.69) is 11.4 Å². The van der Waals surface area contributed by atoms with Gasteiger partial charge in [0.05, 0.1) is 26.5 Å². The number of methoxy groups -OCH3 is 1. The number of nitrogens with zero attached hydrogens (tertiary/aromatic N) is 1. The second kappa shape index (κ2) is 8.64. The maximum atomic E-state index is 11.9. The molecule has 0 fully saturated rings. The second-order valence-electron chi connectivity index (χ2n) is 5.22. The van der Waals surface area contributed by atoms with Gasteiger partial charge in [-0.1, -0.05) is 6.07 Å². The van der Waals surface area contributed by atoms with Crippen molar-refractivity contribution < 1.29 is 13.9 Å². The molecule has 1 N–H and O–H groups in total. The molecular formula is C17H22N2O3S. The highest BCUT2D eigenvalue weighted by atomic mass is 32.2. The van der Waals surface area contributed by atoms with E-state index in [4.69, 9.17) is 9.15 Å². The van der Waals surface area contributed by atoms with E-state index in [1.54, 1.807) is 31.2 Å². The Morgan fingerprint density at radius 2 is 2.22 bits per heavy atom. The first kappa shape index (κ1) is 17.4. The summed E-state index contributed by atoms with van der Waals surface area (Å²) in [5.74, 6) is 1.58. The molecule has 1 aromatic carbocycles. The summed E-state index contributed by atoms with van der Waals surface area (Å²) in [7, 11) is 3.59. The van der Waals surface area contributed by atoms with E-state index in [9.17, 15) is 4.79 Å². The van der Waals surface area contributed by atoms with Crippen LogP contribution in [0.5, 0.6) is 5.75 Å². The van der Waals surface area contributed by atoms with Gasteiger partial charge >= 0.3 is 0 Å². The first-order valence-corrected chi connectivity index (χ1v) is 8.53. The zero-order valence-corrected chi connectivity index (χ0v) is 14.5. The molecule has 0 bridgehead atoms. The van der Waals surface area contributed by atoms with Crippen LogP contribution in [0.25, 0.3) is 0 Å². The molecule has 0 spiro atoms. The van der Waals surface area contributed by atoms with Gasteiger partial charge in [0.2, 0.25) is 5.91 Å². The normalized spacial score (nSPS) is 10.8. The molecule has 0 unspecified atom stereocenters. The molecule has 0 aliphatic carbocycles. The molecule has 6 heteroatoms. The van der Waals surface area contributed by atoms with Crippen LogP contribution in [0.2, 0.25) is 0 Å². The first-order valence-electron chi connectivity index (χ1n) is 7.31. The fourth-order valence-electron chi connectivity index (χ4n) is 2.25. The average molecular weight is 334 g/mol. The van der Waals surface area contributed by atoms with Crippen LogP contribution in [0.3, 0.4) is 0 Å². The summed E-state index contributed by atoms with van der Waals surface area (Å²) in [6.45, 7) is 1.42. The average Bonchev–Trinajstić information content (AvgIpc) is 3.06. The number of thioether (sulfide) groups is 1. The molecule has 0 atom stereocenters. The van der Waals surface area contributed by atoms with Gasteiger partial charge in [-0.2, -0.15) is 0 Å². The Bertz CT molecular complexity index is 629. The SMILES string of the molecule is COc1cc(CN(C)CC(=O)NCc2ccco2)ccc1SC. The predicted octanol–water partition coefficient (Wildman–Crippen LogP) is 2.76. The Balaban J connectivity index is 1.84. The molecule has 2 aromatic rings. The number of amides is 1. The Labute approximate surface area is 141 Å². The third kappa shape index (κ3) is 5.33. The molecular weight excluding hydrogens is 312 g/mol. The van der Waals surface area contributed by atoms with Crippen LogP contribution < -0.4 is 10.1 Å². The zero-order chi connectivity index (χ0) is 16.7. The summed E-state index contributed by atoms with van der Waals surface area (Å²) in [6, 6.07) is 9.77. The Morgan fingerprint density at radius 3 is 2.87 bits per heavy atom. The second-order valence-corrected chi connectivity index (χ2v) is 6.07. The maximum Gasteiger partial charge on any atom is 0.234 e. The summed E-state index contributed by atoms with van der Waals surface area (Å²) >= 11 is 1.65. The lowest BCUT2D eigenvalue weighted by Crippen LogP contribution is -2.34. The molecule has 2 rings (SSSR count). The predicted molar refractivity (Wildman–Crippen MR) is 91.7 cm³/mol. The monoisotopic (exact) mass is 334 g/mol. The summed E-state index contributed by atoms with van der Waals surface area (Å²) in [5.41, 5.74) is 1.11. The highest BCUT2D eigenvalue weighted by Crippen LogP contribution is 2.28. The Hall–Kier alpha value is -1.92. The third-order valence-corrected chi connectivity index (χ3v) is 4.13. The fourth-order valence-corrected chi connectivity index (χ4v) is 2.79. The van der Waals surface area contributed by atoms with E-state index >= 15 is 0 Å². The quantitative estimate of drug-likeness (QED) is 0.752. The van der Waals surface area contributed by atoms with Gasteiger partial charge in [-0.05, 0) is 43.1 Å². The van der Waals surface area contributed by atoms with Gasteiger partial charge in [0.15, 0.2) is 0 Å². The number of nitrogens with one attached hydrogen (secondary N) is 1. The van der Waals surface area contributed by atoms with Crippen molar-refractivity contribution in [1.82, 2.24) is 10.2 Å². The number of likely N-dealkylation sites (N-methyl/N-ethyl adjacent to an activating group) is 1. The minimum absolute atomic E-state index is 0.0309. The van der Waals surface area contributed by atoms with E-state index in [0.717, 1.165) is 22.0 Å². The topological polar surface area (TPSA) is 54.7 Å². The van der Waals surface area contributed by atoms with Crippen molar-refractivity contribution in [3.63, 3.8) is 0 Å². The number of furan rings is 1. The number of ether oxygens (including phenoxy) is 1. The van der Waals surface area contributed by atoms with Crippen molar-refractivity contribution in [2.24, 2.45) is 0 Å². The van der Waals surface area contributed by atoms with E-state index in [1.165, 1.54) is 0 Å². The third-order valence-electron chi connectivity index (χ3n) is 3.35. The Kier molecular flexibility index (Phi) is 6.55. The van der Waals surface area contributed by atoms with Gasteiger partial charge in [-0.3, -0.25) is 9.69 Å². The summed E-state index contributed by atoms with van der Waals surface area (Å²) < 4.78 is 10.6. The van der Waals surface area contributed by atoms with Gasteiger partial charge in [0, 0.05) is 11.4 Å². The van der Waals surface area contributed by atoms with Crippen LogP contribution in [0, 0.1) is 0 Å². The smallest absolute Gasteiger partial charge is 0.234 e. The van der Waals surface area contributed by atoms with E-state index in [-0.39, 0.29) is 5.91 Å². The number of benzene rings is 1. The van der Waals surface area contributed by atoms with E-state index in [0.29, 0.717) is 19.6 Å². The number of hydrogen-bond acceptors (Lipinski definition) is 5. The molecule has 1 heterocycles. The van der Waals surface area contributed by atoms with Crippen molar-refractivity contribution in [2.45, 2.75) is 18.0 Å². The lowest BCUT2D eigenvalue weighted by Gasteiger charge is -2.17. The van der Waals surface area contributed by atoms with Gasteiger partial charge in [-0.15, -0.1) is 11.8 Å². The molecule has 1 amide bonds. The highest BCUT2D eigenvalue weighted by Gasteiger charge is 2.09. The number of hydrogen-bond donors (Lipinski definition) is 1. The molecule has 0 saturated heterocycles. The van der Waals surface area contributed by atoms with Crippen LogP contribution in [-0.2, 0) is 17.9 Å².